The normalized spacial score (nSPS) is 16.3. The van der Waals surface area contributed by atoms with E-state index in [-0.39, 0.29) is 11.9 Å². The summed E-state index contributed by atoms with van der Waals surface area (Å²) in [6, 6.07) is 7.60. The lowest BCUT2D eigenvalue weighted by molar-refractivity contribution is -0.149. The van der Waals surface area contributed by atoms with Gasteiger partial charge in [0.1, 0.15) is 18.1 Å². The maximum atomic E-state index is 11.7. The molecule has 1 aliphatic heterocycles. The molecule has 0 spiro atoms. The van der Waals surface area contributed by atoms with Gasteiger partial charge in [0.05, 0.1) is 19.6 Å². The van der Waals surface area contributed by atoms with E-state index in [1.807, 2.05) is 31.2 Å². The highest BCUT2D eigenvalue weighted by molar-refractivity contribution is 5.72. The molecule has 1 aliphatic rings. The quantitative estimate of drug-likeness (QED) is 0.724. The summed E-state index contributed by atoms with van der Waals surface area (Å²) in [5.41, 5.74) is 0. The Morgan fingerprint density at radius 1 is 1.18 bits per heavy atom. The van der Waals surface area contributed by atoms with Gasteiger partial charge in [0.2, 0.25) is 0 Å². The van der Waals surface area contributed by atoms with E-state index in [0.29, 0.717) is 13.2 Å². The van der Waals surface area contributed by atoms with Gasteiger partial charge in [-0.1, -0.05) is 0 Å². The highest BCUT2D eigenvalue weighted by atomic mass is 16.5. The predicted octanol–water partition coefficient (Wildman–Crippen LogP) is 2.35. The van der Waals surface area contributed by atoms with Gasteiger partial charge in [-0.25, -0.2) is 0 Å². The summed E-state index contributed by atoms with van der Waals surface area (Å²) >= 11 is 0. The molecule has 1 aromatic rings. The molecule has 0 bridgehead atoms. The van der Waals surface area contributed by atoms with Gasteiger partial charge in [-0.2, -0.15) is 0 Å². The summed E-state index contributed by atoms with van der Waals surface area (Å²) in [6.45, 7) is 5.70. The van der Waals surface area contributed by atoms with Crippen LogP contribution >= 0.6 is 0 Å². The van der Waals surface area contributed by atoms with Gasteiger partial charge in [0, 0.05) is 6.54 Å². The van der Waals surface area contributed by atoms with Crippen molar-refractivity contribution < 1.29 is 19.0 Å². The zero-order valence-corrected chi connectivity index (χ0v) is 13.4. The Morgan fingerprint density at radius 3 is 2.41 bits per heavy atom. The summed E-state index contributed by atoms with van der Waals surface area (Å²) in [5.74, 6) is 1.70. The van der Waals surface area contributed by atoms with Crippen LogP contribution in [0.15, 0.2) is 24.3 Å². The van der Waals surface area contributed by atoms with Crippen LogP contribution in [0.25, 0.3) is 0 Å². The molecule has 1 heterocycles. The molecule has 0 amide bonds. The molecule has 0 atom stereocenters. The maximum Gasteiger partial charge on any atom is 0.309 e. The fourth-order valence-electron chi connectivity index (χ4n) is 2.62. The lowest BCUT2D eigenvalue weighted by Crippen LogP contribution is -2.39. The highest BCUT2D eigenvalue weighted by Crippen LogP contribution is 2.19. The van der Waals surface area contributed by atoms with Crippen LogP contribution in [-0.2, 0) is 9.53 Å². The highest BCUT2D eigenvalue weighted by Gasteiger charge is 2.25. The van der Waals surface area contributed by atoms with E-state index in [0.717, 1.165) is 44.0 Å². The molecule has 0 unspecified atom stereocenters. The molecule has 0 N–H and O–H groups in total. The second kappa shape index (κ2) is 8.63. The Kier molecular flexibility index (Phi) is 6.52. The first-order valence-corrected chi connectivity index (χ1v) is 7.88. The first kappa shape index (κ1) is 16.6. The molecule has 1 saturated heterocycles. The van der Waals surface area contributed by atoms with Crippen molar-refractivity contribution in [2.75, 3.05) is 40.0 Å². The van der Waals surface area contributed by atoms with E-state index in [1.165, 1.54) is 0 Å². The molecule has 5 nitrogen and oxygen atoms in total. The third-order valence-electron chi connectivity index (χ3n) is 3.94. The summed E-state index contributed by atoms with van der Waals surface area (Å²) in [5, 5.41) is 0. The smallest absolute Gasteiger partial charge is 0.309 e. The van der Waals surface area contributed by atoms with Gasteiger partial charge in [-0.3, -0.25) is 9.69 Å². The van der Waals surface area contributed by atoms with E-state index in [4.69, 9.17) is 14.2 Å². The second-order valence-corrected chi connectivity index (χ2v) is 5.39. The summed E-state index contributed by atoms with van der Waals surface area (Å²) in [6.07, 6.45) is 1.75. The van der Waals surface area contributed by atoms with Crippen LogP contribution in [-0.4, -0.2) is 50.8 Å². The van der Waals surface area contributed by atoms with Crippen molar-refractivity contribution in [1.82, 2.24) is 4.90 Å². The minimum Gasteiger partial charge on any atom is -0.497 e. The second-order valence-electron chi connectivity index (χ2n) is 5.39. The van der Waals surface area contributed by atoms with Crippen molar-refractivity contribution in [3.63, 3.8) is 0 Å². The number of hydrogen-bond acceptors (Lipinski definition) is 5. The molecular formula is C17H25NO4. The van der Waals surface area contributed by atoms with Crippen LogP contribution in [0.3, 0.4) is 0 Å². The number of methoxy groups -OCH3 is 1. The number of benzene rings is 1. The standard InChI is InChI=1S/C17H25NO4/c1-3-21-17(19)14-8-10-18(11-9-14)12-13-22-16-6-4-15(20-2)5-7-16/h4-7,14H,3,8-13H2,1-2H3. The van der Waals surface area contributed by atoms with Crippen molar-refractivity contribution in [3.8, 4) is 11.5 Å². The van der Waals surface area contributed by atoms with E-state index >= 15 is 0 Å². The van der Waals surface area contributed by atoms with Crippen molar-refractivity contribution in [2.45, 2.75) is 19.8 Å². The molecule has 22 heavy (non-hydrogen) atoms. The molecule has 5 heteroatoms. The summed E-state index contributed by atoms with van der Waals surface area (Å²) in [4.78, 5) is 14.0. The lowest BCUT2D eigenvalue weighted by atomic mass is 9.97. The topological polar surface area (TPSA) is 48.0 Å². The maximum absolute atomic E-state index is 11.7. The number of carbonyl (C=O) groups is 1. The lowest BCUT2D eigenvalue weighted by Gasteiger charge is -2.30. The predicted molar refractivity (Wildman–Crippen MR) is 84.3 cm³/mol. The van der Waals surface area contributed by atoms with Crippen molar-refractivity contribution in [2.24, 2.45) is 5.92 Å². The minimum atomic E-state index is -0.0448. The molecule has 122 valence electrons. The van der Waals surface area contributed by atoms with Crippen molar-refractivity contribution in [3.05, 3.63) is 24.3 Å². The van der Waals surface area contributed by atoms with E-state index in [9.17, 15) is 4.79 Å². The van der Waals surface area contributed by atoms with Gasteiger partial charge in [-0.15, -0.1) is 0 Å². The zero-order valence-electron chi connectivity index (χ0n) is 13.4. The summed E-state index contributed by atoms with van der Waals surface area (Å²) < 4.78 is 15.9. The number of piperidine rings is 1. The number of likely N-dealkylation sites (tertiary alicyclic amines) is 1. The average Bonchev–Trinajstić information content (AvgIpc) is 2.56. The fraction of sp³-hybridized carbons (Fsp3) is 0.588. The van der Waals surface area contributed by atoms with E-state index in [2.05, 4.69) is 4.90 Å². The van der Waals surface area contributed by atoms with Crippen LogP contribution in [0.1, 0.15) is 19.8 Å². The Hall–Kier alpha value is -1.75. The van der Waals surface area contributed by atoms with Crippen LogP contribution in [0.4, 0.5) is 0 Å². The van der Waals surface area contributed by atoms with Crippen LogP contribution in [0.2, 0.25) is 0 Å². The van der Waals surface area contributed by atoms with Crippen molar-refractivity contribution >= 4 is 5.97 Å². The number of hydrogen-bond donors (Lipinski definition) is 0. The number of rotatable bonds is 7. The van der Waals surface area contributed by atoms with Crippen LogP contribution in [0.5, 0.6) is 11.5 Å². The first-order chi connectivity index (χ1) is 10.7. The number of esters is 1. The van der Waals surface area contributed by atoms with Gasteiger partial charge in [-0.05, 0) is 57.1 Å². The average molecular weight is 307 g/mol. The Morgan fingerprint density at radius 2 is 1.82 bits per heavy atom. The van der Waals surface area contributed by atoms with E-state index < -0.39 is 0 Å². The van der Waals surface area contributed by atoms with Crippen LogP contribution in [0, 0.1) is 5.92 Å². The minimum absolute atomic E-state index is 0.0448. The van der Waals surface area contributed by atoms with Gasteiger partial charge >= 0.3 is 5.97 Å². The molecule has 0 aliphatic carbocycles. The van der Waals surface area contributed by atoms with Gasteiger partial charge in [0.25, 0.3) is 0 Å². The molecule has 0 aromatic heterocycles. The van der Waals surface area contributed by atoms with E-state index in [1.54, 1.807) is 7.11 Å². The number of nitrogens with zero attached hydrogens (tertiary/aromatic N) is 1. The Balaban J connectivity index is 1.65. The molecule has 0 saturated carbocycles. The van der Waals surface area contributed by atoms with Gasteiger partial charge in [0.15, 0.2) is 0 Å². The largest absolute Gasteiger partial charge is 0.497 e. The first-order valence-electron chi connectivity index (χ1n) is 7.88. The SMILES string of the molecule is CCOC(=O)C1CCN(CCOc2ccc(OC)cc2)CC1. The number of ether oxygens (including phenoxy) is 3. The molecular weight excluding hydrogens is 282 g/mol. The zero-order chi connectivity index (χ0) is 15.8. The van der Waals surface area contributed by atoms with Crippen molar-refractivity contribution in [1.29, 1.82) is 0 Å². The Labute approximate surface area is 132 Å². The van der Waals surface area contributed by atoms with Crippen LogP contribution < -0.4 is 9.47 Å². The molecule has 1 aromatic carbocycles. The Bertz CT molecular complexity index is 452. The molecule has 1 fully saturated rings. The summed E-state index contributed by atoms with van der Waals surface area (Å²) in [7, 11) is 1.65. The molecule has 2 rings (SSSR count). The van der Waals surface area contributed by atoms with Gasteiger partial charge < -0.3 is 14.2 Å². The third-order valence-corrected chi connectivity index (χ3v) is 3.94. The number of carbonyl (C=O) groups excluding carboxylic acids is 1. The third kappa shape index (κ3) is 4.91. The molecule has 0 radical (unpaired) electrons. The fourth-order valence-corrected chi connectivity index (χ4v) is 2.62. The monoisotopic (exact) mass is 307 g/mol.